The summed E-state index contributed by atoms with van der Waals surface area (Å²) in [5, 5.41) is 4.62. The molecule has 5 heteroatoms. The van der Waals surface area contributed by atoms with Gasteiger partial charge in [-0.1, -0.05) is 0 Å². The zero-order valence-corrected chi connectivity index (χ0v) is 13.2. The lowest BCUT2D eigenvalue weighted by atomic mass is 9.96. The summed E-state index contributed by atoms with van der Waals surface area (Å²) in [5.74, 6) is 0.563. The molecule has 3 aliphatic rings. The third kappa shape index (κ3) is 2.97. The lowest BCUT2D eigenvalue weighted by Crippen LogP contribution is -2.51. The Kier molecular flexibility index (Phi) is 4.01. The first-order chi connectivity index (χ1) is 10.8. The van der Waals surface area contributed by atoms with Crippen LogP contribution in [0.2, 0.25) is 0 Å². The Morgan fingerprint density at radius 2 is 2.05 bits per heavy atom. The molecular weight excluding hydrogens is 278 g/mol. The van der Waals surface area contributed by atoms with Crippen LogP contribution in [0.1, 0.15) is 36.9 Å². The Morgan fingerprint density at radius 3 is 2.86 bits per heavy atom. The molecule has 1 aliphatic carbocycles. The minimum absolute atomic E-state index is 0.0817. The zero-order chi connectivity index (χ0) is 14.9. The lowest BCUT2D eigenvalue weighted by Gasteiger charge is -2.40. The van der Waals surface area contributed by atoms with Crippen molar-refractivity contribution in [1.82, 2.24) is 14.7 Å². The maximum absolute atomic E-state index is 12.2. The molecule has 1 aromatic rings. The summed E-state index contributed by atoms with van der Waals surface area (Å²) in [4.78, 5) is 14.6. The van der Waals surface area contributed by atoms with Crippen LogP contribution < -0.4 is 5.56 Å². The number of likely N-dealkylation sites (tertiary alicyclic amines) is 1. The summed E-state index contributed by atoms with van der Waals surface area (Å²) in [5.41, 5.74) is 2.42. The van der Waals surface area contributed by atoms with Gasteiger partial charge in [0.25, 0.3) is 5.56 Å². The monoisotopic (exact) mass is 303 g/mol. The number of hydrogen-bond acceptors (Lipinski definition) is 4. The van der Waals surface area contributed by atoms with Crippen molar-refractivity contribution in [3.8, 4) is 0 Å². The Balaban J connectivity index is 1.33. The molecule has 4 rings (SSSR count). The maximum Gasteiger partial charge on any atom is 0.267 e. The van der Waals surface area contributed by atoms with E-state index < -0.39 is 0 Å². The van der Waals surface area contributed by atoms with Gasteiger partial charge in [0.1, 0.15) is 0 Å². The highest BCUT2D eigenvalue weighted by Gasteiger charge is 2.30. The van der Waals surface area contributed by atoms with Gasteiger partial charge < -0.3 is 4.74 Å². The van der Waals surface area contributed by atoms with Gasteiger partial charge in [-0.05, 0) is 44.1 Å². The Hall–Kier alpha value is -1.20. The van der Waals surface area contributed by atoms with Crippen LogP contribution in [-0.2, 0) is 24.1 Å². The first-order valence-electron chi connectivity index (χ1n) is 8.72. The maximum atomic E-state index is 12.2. The molecule has 0 bridgehead atoms. The quantitative estimate of drug-likeness (QED) is 0.839. The van der Waals surface area contributed by atoms with Crippen molar-refractivity contribution in [1.29, 1.82) is 0 Å². The van der Waals surface area contributed by atoms with Gasteiger partial charge >= 0.3 is 0 Å². The van der Waals surface area contributed by atoms with E-state index in [9.17, 15) is 4.79 Å². The number of rotatable bonds is 4. The van der Waals surface area contributed by atoms with Crippen LogP contribution in [0.3, 0.4) is 0 Å². The van der Waals surface area contributed by atoms with Gasteiger partial charge in [-0.15, -0.1) is 0 Å². The summed E-state index contributed by atoms with van der Waals surface area (Å²) in [6.07, 6.45) is 7.30. The van der Waals surface area contributed by atoms with E-state index in [-0.39, 0.29) is 5.56 Å². The van der Waals surface area contributed by atoms with Crippen molar-refractivity contribution in [3.05, 3.63) is 27.7 Å². The molecule has 1 unspecified atom stereocenters. The van der Waals surface area contributed by atoms with Crippen molar-refractivity contribution in [3.63, 3.8) is 0 Å². The van der Waals surface area contributed by atoms with Crippen LogP contribution in [0.15, 0.2) is 10.9 Å². The standard InChI is InChI=1S/C17H25N3O2/c21-17-8-14-4-1-2-6-16(14)18-20(17)11-13-9-19(10-13)12-15-5-3-7-22-15/h8,13,15H,1-7,9-12H2. The average Bonchev–Trinajstić information content (AvgIpc) is 2.98. The zero-order valence-electron chi connectivity index (χ0n) is 13.2. The molecular formula is C17H25N3O2. The Labute approximate surface area is 131 Å². The number of aromatic nitrogens is 2. The van der Waals surface area contributed by atoms with Crippen molar-refractivity contribution in [2.24, 2.45) is 5.92 Å². The minimum Gasteiger partial charge on any atom is -0.377 e. The van der Waals surface area contributed by atoms with Crippen molar-refractivity contribution >= 4 is 0 Å². The summed E-state index contributed by atoms with van der Waals surface area (Å²) < 4.78 is 7.39. The van der Waals surface area contributed by atoms with E-state index >= 15 is 0 Å². The topological polar surface area (TPSA) is 47.4 Å². The normalized spacial score (nSPS) is 25.9. The van der Waals surface area contributed by atoms with Crippen LogP contribution in [0.25, 0.3) is 0 Å². The number of fused-ring (bicyclic) bond motifs is 1. The fraction of sp³-hybridized carbons (Fsp3) is 0.765. The van der Waals surface area contributed by atoms with Gasteiger partial charge in [0.15, 0.2) is 0 Å². The summed E-state index contributed by atoms with van der Waals surface area (Å²) in [7, 11) is 0. The van der Waals surface area contributed by atoms with Gasteiger partial charge in [-0.2, -0.15) is 5.10 Å². The molecule has 2 aliphatic heterocycles. The summed E-state index contributed by atoms with van der Waals surface area (Å²) in [6, 6.07) is 1.82. The number of nitrogens with zero attached hydrogens (tertiary/aromatic N) is 3. The Morgan fingerprint density at radius 1 is 1.18 bits per heavy atom. The smallest absolute Gasteiger partial charge is 0.267 e. The fourth-order valence-corrected chi connectivity index (χ4v) is 3.99. The van der Waals surface area contributed by atoms with E-state index in [4.69, 9.17) is 4.74 Å². The molecule has 2 fully saturated rings. The second-order valence-corrected chi connectivity index (χ2v) is 7.06. The molecule has 0 aromatic carbocycles. The van der Waals surface area contributed by atoms with Gasteiger partial charge in [0, 0.05) is 38.2 Å². The molecule has 0 spiro atoms. The van der Waals surface area contributed by atoms with E-state index in [0.717, 1.165) is 51.3 Å². The van der Waals surface area contributed by atoms with E-state index in [0.29, 0.717) is 12.0 Å². The van der Waals surface area contributed by atoms with Gasteiger partial charge in [0.05, 0.1) is 18.3 Å². The Bertz CT molecular complexity index is 586. The van der Waals surface area contributed by atoms with E-state index in [1.54, 1.807) is 4.68 Å². The molecule has 22 heavy (non-hydrogen) atoms. The molecule has 0 radical (unpaired) electrons. The number of hydrogen-bond donors (Lipinski definition) is 0. The first-order valence-corrected chi connectivity index (χ1v) is 8.72. The SMILES string of the molecule is O=c1cc2c(nn1CC1CN(CC3CCCO3)C1)CCCC2. The second kappa shape index (κ2) is 6.13. The van der Waals surface area contributed by atoms with Crippen LogP contribution in [-0.4, -0.2) is 47.0 Å². The third-order valence-electron chi connectivity index (χ3n) is 5.22. The number of aryl methyl sites for hydroxylation is 2. The van der Waals surface area contributed by atoms with Crippen LogP contribution >= 0.6 is 0 Å². The largest absolute Gasteiger partial charge is 0.377 e. The van der Waals surface area contributed by atoms with E-state index in [1.807, 2.05) is 6.07 Å². The summed E-state index contributed by atoms with van der Waals surface area (Å²) >= 11 is 0. The molecule has 5 nitrogen and oxygen atoms in total. The lowest BCUT2D eigenvalue weighted by molar-refractivity contribution is 0.0177. The van der Waals surface area contributed by atoms with Gasteiger partial charge in [-0.3, -0.25) is 9.69 Å². The van der Waals surface area contributed by atoms with E-state index in [2.05, 4.69) is 10.00 Å². The van der Waals surface area contributed by atoms with E-state index in [1.165, 1.54) is 31.2 Å². The van der Waals surface area contributed by atoms with Crippen molar-refractivity contribution in [2.45, 2.75) is 51.2 Å². The predicted octanol–water partition coefficient (Wildman–Crippen LogP) is 1.23. The van der Waals surface area contributed by atoms with Crippen LogP contribution in [0.5, 0.6) is 0 Å². The molecule has 0 N–H and O–H groups in total. The minimum atomic E-state index is 0.0817. The number of ether oxygens (including phenoxy) is 1. The van der Waals surface area contributed by atoms with Crippen molar-refractivity contribution < 1.29 is 4.74 Å². The van der Waals surface area contributed by atoms with Gasteiger partial charge in [0.2, 0.25) is 0 Å². The first kappa shape index (κ1) is 14.4. The molecule has 120 valence electrons. The third-order valence-corrected chi connectivity index (χ3v) is 5.22. The highest BCUT2D eigenvalue weighted by Crippen LogP contribution is 2.22. The molecule has 3 heterocycles. The molecule has 1 aromatic heterocycles. The molecule has 2 saturated heterocycles. The fourth-order valence-electron chi connectivity index (χ4n) is 3.99. The van der Waals surface area contributed by atoms with Crippen LogP contribution in [0, 0.1) is 5.92 Å². The average molecular weight is 303 g/mol. The van der Waals surface area contributed by atoms with Crippen LogP contribution in [0.4, 0.5) is 0 Å². The van der Waals surface area contributed by atoms with Crippen molar-refractivity contribution in [2.75, 3.05) is 26.2 Å². The second-order valence-electron chi connectivity index (χ2n) is 7.06. The van der Waals surface area contributed by atoms with Gasteiger partial charge in [-0.25, -0.2) is 4.68 Å². The highest BCUT2D eigenvalue weighted by molar-refractivity contribution is 5.20. The molecule has 1 atom stereocenters. The molecule has 0 saturated carbocycles. The predicted molar refractivity (Wildman–Crippen MR) is 84.0 cm³/mol. The summed E-state index contributed by atoms with van der Waals surface area (Å²) in [6.45, 7) is 4.91. The highest BCUT2D eigenvalue weighted by atomic mass is 16.5. The molecule has 0 amide bonds.